The quantitative estimate of drug-likeness (QED) is 0.239. The molecule has 1 saturated carbocycles. The first kappa shape index (κ1) is 26.7. The van der Waals surface area contributed by atoms with Crippen LogP contribution in [0.2, 0.25) is 0 Å². The number of rotatable bonds is 8. The largest absolute Gasteiger partial charge is 0.573 e. The molecule has 3 atom stereocenters. The zero-order valence-corrected chi connectivity index (χ0v) is 22.2. The molecule has 13 heteroatoms. The molecule has 0 radical (unpaired) electrons. The second kappa shape index (κ2) is 10.3. The molecule has 3 aliphatic rings. The molecule has 4 aromatic rings. The highest BCUT2D eigenvalue weighted by Crippen LogP contribution is 2.46. The summed E-state index contributed by atoms with van der Waals surface area (Å²) in [6, 6.07) is 11.0. The molecule has 3 fully saturated rings. The summed E-state index contributed by atoms with van der Waals surface area (Å²) in [5.41, 5.74) is 2.02. The van der Waals surface area contributed by atoms with Crippen LogP contribution in [0.3, 0.4) is 0 Å². The number of piperidine rings is 1. The van der Waals surface area contributed by atoms with Gasteiger partial charge in [0, 0.05) is 34.8 Å². The Morgan fingerprint density at radius 2 is 1.74 bits per heavy atom. The molecule has 0 amide bonds. The molecule has 2 aliphatic heterocycles. The van der Waals surface area contributed by atoms with E-state index in [9.17, 15) is 22.4 Å². The third-order valence-corrected chi connectivity index (χ3v) is 8.23. The number of nitrogens with one attached hydrogen (secondary N) is 1. The first-order chi connectivity index (χ1) is 20.2. The maximum Gasteiger partial charge on any atom is 0.573 e. The van der Waals surface area contributed by atoms with Gasteiger partial charge in [-0.3, -0.25) is 9.51 Å². The molecule has 1 unspecified atom stereocenters. The molecule has 1 N–H and O–H groups in total. The van der Waals surface area contributed by atoms with E-state index in [1.807, 2.05) is 6.07 Å². The predicted molar refractivity (Wildman–Crippen MR) is 140 cm³/mol. The lowest BCUT2D eigenvalue weighted by atomic mass is 9.98. The third-order valence-electron chi connectivity index (χ3n) is 8.23. The first-order valence-electron chi connectivity index (χ1n) is 13.8. The van der Waals surface area contributed by atoms with E-state index in [1.54, 1.807) is 12.1 Å². The van der Waals surface area contributed by atoms with Crippen LogP contribution in [0.25, 0.3) is 22.6 Å². The highest BCUT2D eigenvalue weighted by Gasteiger charge is 2.42. The fourth-order valence-electron chi connectivity index (χ4n) is 6.30. The zero-order chi connectivity index (χ0) is 29.0. The number of hydrogen-bond acceptors (Lipinski definition) is 8. The molecule has 1 aliphatic carbocycles. The average Bonchev–Trinajstić information content (AvgIpc) is 3.47. The van der Waals surface area contributed by atoms with Gasteiger partial charge < -0.3 is 18.9 Å². The maximum atomic E-state index is 15.0. The van der Waals surface area contributed by atoms with Crippen molar-refractivity contribution in [1.29, 1.82) is 0 Å². The molecular weight excluding hydrogens is 560 g/mol. The van der Waals surface area contributed by atoms with Crippen LogP contribution >= 0.6 is 0 Å². The summed E-state index contributed by atoms with van der Waals surface area (Å²) >= 11 is 0. The Balaban J connectivity index is 1.08. The number of benzene rings is 2. The van der Waals surface area contributed by atoms with Crippen LogP contribution in [0.15, 0.2) is 56.3 Å². The molecule has 2 aromatic heterocycles. The number of halogens is 4. The van der Waals surface area contributed by atoms with E-state index < -0.39 is 17.9 Å². The summed E-state index contributed by atoms with van der Waals surface area (Å²) in [5.74, 6) is -0.762. The number of aromatic nitrogens is 3. The number of anilines is 1. The molecule has 0 spiro atoms. The van der Waals surface area contributed by atoms with Gasteiger partial charge in [0.05, 0.1) is 18.3 Å². The lowest BCUT2D eigenvalue weighted by molar-refractivity contribution is -0.274. The molecule has 7 rings (SSSR count). The van der Waals surface area contributed by atoms with Gasteiger partial charge >= 0.3 is 12.1 Å². The van der Waals surface area contributed by atoms with E-state index in [0.717, 1.165) is 31.4 Å². The molecule has 4 heterocycles. The van der Waals surface area contributed by atoms with Crippen LogP contribution in [0.4, 0.5) is 23.2 Å². The standard InChI is InChI=1S/C29H26F4N4O5/c30-23-13-18(9-10-20(23)27-34-28(38)42-36-27)37-16-7-8-17(37)12-19(11-16)39-14-22-25(35-41-26(22)15-5-6-15)21-3-1-2-4-24(21)40-29(31,32)33/h1-4,9-10,13,15-17,19H,5-8,11-12,14H2,(H,34,36,38)/t16-,17+,19?. The lowest BCUT2D eigenvalue weighted by Gasteiger charge is -2.40. The van der Waals surface area contributed by atoms with Crippen LogP contribution in [0, 0.1) is 5.82 Å². The Morgan fingerprint density at radius 1 is 0.976 bits per heavy atom. The molecule has 2 saturated heterocycles. The lowest BCUT2D eigenvalue weighted by Crippen LogP contribution is -2.45. The van der Waals surface area contributed by atoms with Gasteiger partial charge in [-0.05, 0) is 68.9 Å². The molecule has 2 bridgehead atoms. The number of aromatic amines is 1. The monoisotopic (exact) mass is 586 g/mol. The van der Waals surface area contributed by atoms with Gasteiger partial charge in [-0.2, -0.15) is 0 Å². The van der Waals surface area contributed by atoms with Crippen molar-refractivity contribution in [2.45, 2.75) is 75.6 Å². The van der Waals surface area contributed by atoms with Gasteiger partial charge in [0.1, 0.15) is 23.0 Å². The van der Waals surface area contributed by atoms with Crippen molar-refractivity contribution < 1.29 is 36.1 Å². The van der Waals surface area contributed by atoms with Gasteiger partial charge in [-0.1, -0.05) is 22.4 Å². The predicted octanol–water partition coefficient (Wildman–Crippen LogP) is 6.32. The number of fused-ring (bicyclic) bond motifs is 2. The minimum atomic E-state index is -4.85. The highest BCUT2D eigenvalue weighted by molar-refractivity contribution is 5.70. The molecule has 42 heavy (non-hydrogen) atoms. The van der Waals surface area contributed by atoms with Crippen molar-refractivity contribution in [2.75, 3.05) is 4.90 Å². The SMILES string of the molecule is O=c1[nH]c(-c2ccc(N3[C@@H]4CC[C@H]3CC(OCc3c(-c5ccccc5OC(F)(F)F)noc3C3CC3)C4)cc2F)no1. The van der Waals surface area contributed by atoms with Crippen molar-refractivity contribution >= 4 is 5.69 Å². The van der Waals surface area contributed by atoms with E-state index in [4.69, 9.17) is 9.26 Å². The van der Waals surface area contributed by atoms with Gasteiger partial charge in [0.25, 0.3) is 0 Å². The fourth-order valence-corrected chi connectivity index (χ4v) is 6.30. The Labute approximate surface area is 236 Å². The van der Waals surface area contributed by atoms with Crippen LogP contribution < -0.4 is 15.4 Å². The van der Waals surface area contributed by atoms with Gasteiger partial charge in [0.15, 0.2) is 5.82 Å². The average molecular weight is 587 g/mol. The van der Waals surface area contributed by atoms with Gasteiger partial charge in [-0.25, -0.2) is 9.18 Å². The number of ether oxygens (including phenoxy) is 2. The van der Waals surface area contributed by atoms with Crippen LogP contribution in [0.5, 0.6) is 5.75 Å². The van der Waals surface area contributed by atoms with Gasteiger partial charge in [0.2, 0.25) is 0 Å². The van der Waals surface area contributed by atoms with Crippen molar-refractivity contribution in [2.24, 2.45) is 0 Å². The van der Waals surface area contributed by atoms with Gasteiger partial charge in [-0.15, -0.1) is 13.2 Å². The first-order valence-corrected chi connectivity index (χ1v) is 13.8. The summed E-state index contributed by atoms with van der Waals surface area (Å²) in [6.45, 7) is 0.147. The van der Waals surface area contributed by atoms with E-state index in [2.05, 4.69) is 29.5 Å². The Morgan fingerprint density at radius 3 is 2.40 bits per heavy atom. The summed E-state index contributed by atoms with van der Waals surface area (Å²) in [6.07, 6.45) is 0.186. The molecule has 220 valence electrons. The Hall–Kier alpha value is -4.13. The second-order valence-corrected chi connectivity index (χ2v) is 11.0. The van der Waals surface area contributed by atoms with Crippen molar-refractivity contribution in [3.8, 4) is 28.4 Å². The number of para-hydroxylation sites is 1. The summed E-state index contributed by atoms with van der Waals surface area (Å²) in [5, 5.41) is 7.73. The van der Waals surface area contributed by atoms with Crippen LogP contribution in [0.1, 0.15) is 55.8 Å². The number of H-pyrrole nitrogens is 1. The number of nitrogens with zero attached hydrogens (tertiary/aromatic N) is 3. The normalized spacial score (nSPS) is 22.1. The summed E-state index contributed by atoms with van der Waals surface area (Å²) < 4.78 is 75.1. The number of hydrogen-bond donors (Lipinski definition) is 1. The smallest absolute Gasteiger partial charge is 0.405 e. The molecular formula is C29H26F4N4O5. The second-order valence-electron chi connectivity index (χ2n) is 11.0. The highest BCUT2D eigenvalue weighted by atomic mass is 19.4. The molecule has 9 nitrogen and oxygen atoms in total. The van der Waals surface area contributed by atoms with E-state index in [0.29, 0.717) is 29.9 Å². The minimum Gasteiger partial charge on any atom is -0.405 e. The Bertz CT molecular complexity index is 1650. The van der Waals surface area contributed by atoms with Crippen LogP contribution in [-0.2, 0) is 11.3 Å². The van der Waals surface area contributed by atoms with Crippen LogP contribution in [-0.4, -0.2) is 39.8 Å². The van der Waals surface area contributed by atoms with Crippen molar-refractivity contribution in [1.82, 2.24) is 15.3 Å². The zero-order valence-electron chi connectivity index (χ0n) is 22.2. The van der Waals surface area contributed by atoms with Crippen molar-refractivity contribution in [3.63, 3.8) is 0 Å². The maximum absolute atomic E-state index is 15.0. The van der Waals surface area contributed by atoms with E-state index in [-0.39, 0.29) is 53.4 Å². The van der Waals surface area contributed by atoms with E-state index >= 15 is 0 Å². The van der Waals surface area contributed by atoms with E-state index in [1.165, 1.54) is 24.3 Å². The summed E-state index contributed by atoms with van der Waals surface area (Å²) in [4.78, 5) is 15.9. The molecule has 2 aromatic carbocycles. The minimum absolute atomic E-state index is 0.0328. The summed E-state index contributed by atoms with van der Waals surface area (Å²) in [7, 11) is 0. The Kier molecular flexibility index (Phi) is 6.56. The third kappa shape index (κ3) is 5.17. The number of alkyl halides is 3. The fraction of sp³-hybridized carbons (Fsp3) is 0.414. The van der Waals surface area contributed by atoms with Crippen molar-refractivity contribution in [3.05, 3.63) is 70.2 Å². The topological polar surface area (TPSA) is 107 Å².